The molecular formula is C20H27NS. The molecule has 1 aromatic heterocycles. The average Bonchev–Trinajstić information content (AvgIpc) is 2.77. The Kier molecular flexibility index (Phi) is 4.17. The Bertz CT molecular complexity index is 694. The molecule has 0 atom stereocenters. The fourth-order valence-electron chi connectivity index (χ4n) is 3.56. The van der Waals surface area contributed by atoms with Gasteiger partial charge in [0.2, 0.25) is 0 Å². The van der Waals surface area contributed by atoms with Crippen LogP contribution in [0.5, 0.6) is 0 Å². The second-order valence-corrected chi connectivity index (χ2v) is 8.60. The van der Waals surface area contributed by atoms with E-state index in [-0.39, 0.29) is 0 Å². The zero-order valence-corrected chi connectivity index (χ0v) is 15.3. The summed E-state index contributed by atoms with van der Waals surface area (Å²) < 4.78 is 0. The smallest absolute Gasteiger partial charge is 0.0381 e. The van der Waals surface area contributed by atoms with Crippen molar-refractivity contribution in [3.8, 4) is 10.4 Å². The van der Waals surface area contributed by atoms with Crippen molar-refractivity contribution in [1.82, 2.24) is 5.32 Å². The summed E-state index contributed by atoms with van der Waals surface area (Å²) in [5.41, 5.74) is 7.80. The number of benzene rings is 1. The molecule has 0 amide bonds. The van der Waals surface area contributed by atoms with Crippen LogP contribution in [-0.4, -0.2) is 7.05 Å². The number of hydrogen-bond acceptors (Lipinski definition) is 2. The molecule has 0 unspecified atom stereocenters. The zero-order chi connectivity index (χ0) is 15.9. The quantitative estimate of drug-likeness (QED) is 0.814. The molecule has 0 aliphatic heterocycles. The summed E-state index contributed by atoms with van der Waals surface area (Å²) >= 11 is 2.04. The van der Waals surface area contributed by atoms with Crippen LogP contribution in [-0.2, 0) is 19.4 Å². The maximum absolute atomic E-state index is 3.31. The van der Waals surface area contributed by atoms with Gasteiger partial charge in [-0.3, -0.25) is 0 Å². The molecule has 3 rings (SSSR count). The number of thiophene rings is 1. The second kappa shape index (κ2) is 5.82. The molecule has 2 heteroatoms. The van der Waals surface area contributed by atoms with Gasteiger partial charge in [-0.15, -0.1) is 11.3 Å². The molecule has 22 heavy (non-hydrogen) atoms. The lowest BCUT2D eigenvalue weighted by atomic mass is 9.76. The summed E-state index contributed by atoms with van der Waals surface area (Å²) in [4.78, 5) is 3.13. The maximum Gasteiger partial charge on any atom is 0.0381 e. The molecule has 2 aromatic rings. The first kappa shape index (κ1) is 15.8. The fraction of sp³-hybridized carbons (Fsp3) is 0.500. The van der Waals surface area contributed by atoms with E-state index in [1.165, 1.54) is 46.4 Å². The highest BCUT2D eigenvalue weighted by molar-refractivity contribution is 7.16. The predicted octanol–water partition coefficient (Wildman–Crippen LogP) is 5.27. The van der Waals surface area contributed by atoms with Crippen LogP contribution in [0.2, 0.25) is 0 Å². The molecule has 1 N–H and O–H groups in total. The summed E-state index contributed by atoms with van der Waals surface area (Å²) in [6.07, 6.45) is 3.80. The molecular weight excluding hydrogens is 286 g/mol. The minimum Gasteiger partial charge on any atom is -0.316 e. The molecule has 118 valence electrons. The highest BCUT2D eigenvalue weighted by Gasteiger charge is 2.29. The molecule has 1 aliphatic rings. The Balaban J connectivity index is 2.11. The topological polar surface area (TPSA) is 12.0 Å². The Labute approximate surface area is 138 Å². The Hall–Kier alpha value is -1.12. The van der Waals surface area contributed by atoms with Crippen LogP contribution in [0, 0.1) is 19.3 Å². The van der Waals surface area contributed by atoms with E-state index in [1.807, 2.05) is 18.4 Å². The van der Waals surface area contributed by atoms with Gasteiger partial charge < -0.3 is 5.32 Å². The van der Waals surface area contributed by atoms with E-state index in [9.17, 15) is 0 Å². The summed E-state index contributed by atoms with van der Waals surface area (Å²) in [5, 5.41) is 3.31. The van der Waals surface area contributed by atoms with E-state index >= 15 is 0 Å². The largest absolute Gasteiger partial charge is 0.316 e. The van der Waals surface area contributed by atoms with Gasteiger partial charge in [-0.25, -0.2) is 0 Å². The highest BCUT2D eigenvalue weighted by Crippen LogP contribution is 2.45. The van der Waals surface area contributed by atoms with Gasteiger partial charge in [-0.2, -0.15) is 0 Å². The molecule has 1 nitrogen and oxygen atoms in total. The first-order valence-corrected chi connectivity index (χ1v) is 9.08. The SMILES string of the molecule is CNCc1ccc(C)cc1-c1sc2c(c1C)CC(C)(C)CC2. The van der Waals surface area contributed by atoms with Crippen molar-refractivity contribution in [2.45, 2.75) is 53.5 Å². The van der Waals surface area contributed by atoms with Gasteiger partial charge in [0, 0.05) is 16.3 Å². The summed E-state index contributed by atoms with van der Waals surface area (Å²) in [6, 6.07) is 6.87. The number of fused-ring (bicyclic) bond motifs is 1. The first-order chi connectivity index (χ1) is 10.4. The first-order valence-electron chi connectivity index (χ1n) is 8.27. The number of aryl methyl sites for hydroxylation is 2. The van der Waals surface area contributed by atoms with Crippen LogP contribution in [0.1, 0.15) is 47.4 Å². The van der Waals surface area contributed by atoms with Crippen molar-refractivity contribution in [3.63, 3.8) is 0 Å². The second-order valence-electron chi connectivity index (χ2n) is 7.49. The summed E-state index contributed by atoms with van der Waals surface area (Å²) in [7, 11) is 2.03. The van der Waals surface area contributed by atoms with Crippen LogP contribution in [0.4, 0.5) is 0 Å². The third-order valence-corrected chi connectivity index (χ3v) is 6.34. The Morgan fingerprint density at radius 2 is 2.00 bits per heavy atom. The summed E-state index contributed by atoms with van der Waals surface area (Å²) in [6.45, 7) is 10.3. The number of rotatable bonds is 3. The standard InChI is InChI=1S/C20H27NS/c1-13-6-7-15(12-21-5)16(10-13)19-14(2)17-11-20(3,4)9-8-18(17)22-19/h6-7,10,21H,8-9,11-12H2,1-5H3. The molecule has 1 aromatic carbocycles. The van der Waals surface area contributed by atoms with Gasteiger partial charge in [0.05, 0.1) is 0 Å². The molecule has 0 radical (unpaired) electrons. The van der Waals surface area contributed by atoms with E-state index in [0.717, 1.165) is 6.54 Å². The van der Waals surface area contributed by atoms with Gasteiger partial charge in [-0.1, -0.05) is 37.6 Å². The molecule has 1 heterocycles. The van der Waals surface area contributed by atoms with Crippen LogP contribution in [0.3, 0.4) is 0 Å². The number of nitrogens with one attached hydrogen (secondary N) is 1. The Morgan fingerprint density at radius 3 is 2.73 bits per heavy atom. The number of hydrogen-bond donors (Lipinski definition) is 1. The van der Waals surface area contributed by atoms with Crippen molar-refractivity contribution in [2.75, 3.05) is 7.05 Å². The van der Waals surface area contributed by atoms with Gasteiger partial charge in [-0.05, 0) is 67.8 Å². The average molecular weight is 314 g/mol. The summed E-state index contributed by atoms with van der Waals surface area (Å²) in [5.74, 6) is 0. The molecule has 0 fully saturated rings. The van der Waals surface area contributed by atoms with Crippen LogP contribution < -0.4 is 5.32 Å². The maximum atomic E-state index is 3.31. The fourth-order valence-corrected chi connectivity index (χ4v) is 4.94. The van der Waals surface area contributed by atoms with E-state index in [0.29, 0.717) is 5.41 Å². The molecule has 0 saturated carbocycles. The zero-order valence-electron chi connectivity index (χ0n) is 14.5. The van der Waals surface area contributed by atoms with Crippen LogP contribution in [0.15, 0.2) is 18.2 Å². The van der Waals surface area contributed by atoms with Gasteiger partial charge in [0.1, 0.15) is 0 Å². The molecule has 0 saturated heterocycles. The van der Waals surface area contributed by atoms with Crippen molar-refractivity contribution in [3.05, 3.63) is 45.3 Å². The van der Waals surface area contributed by atoms with E-state index in [4.69, 9.17) is 0 Å². The third kappa shape index (κ3) is 2.87. The highest BCUT2D eigenvalue weighted by atomic mass is 32.1. The molecule has 0 bridgehead atoms. The van der Waals surface area contributed by atoms with E-state index in [1.54, 1.807) is 10.4 Å². The van der Waals surface area contributed by atoms with Crippen LogP contribution >= 0.6 is 11.3 Å². The Morgan fingerprint density at radius 1 is 1.23 bits per heavy atom. The lowest BCUT2D eigenvalue weighted by Crippen LogP contribution is -2.21. The van der Waals surface area contributed by atoms with E-state index < -0.39 is 0 Å². The minimum absolute atomic E-state index is 0.455. The lowest BCUT2D eigenvalue weighted by Gasteiger charge is -2.29. The van der Waals surface area contributed by atoms with Gasteiger partial charge in [0.15, 0.2) is 0 Å². The monoisotopic (exact) mass is 313 g/mol. The molecule has 1 aliphatic carbocycles. The van der Waals surface area contributed by atoms with Crippen molar-refractivity contribution >= 4 is 11.3 Å². The van der Waals surface area contributed by atoms with Gasteiger partial charge >= 0.3 is 0 Å². The predicted molar refractivity (Wildman–Crippen MR) is 97.8 cm³/mol. The van der Waals surface area contributed by atoms with Crippen molar-refractivity contribution in [1.29, 1.82) is 0 Å². The van der Waals surface area contributed by atoms with Gasteiger partial charge in [0.25, 0.3) is 0 Å². The van der Waals surface area contributed by atoms with Crippen LogP contribution in [0.25, 0.3) is 10.4 Å². The normalized spacial score (nSPS) is 16.6. The minimum atomic E-state index is 0.455. The lowest BCUT2D eigenvalue weighted by molar-refractivity contribution is 0.317. The van der Waals surface area contributed by atoms with Crippen molar-refractivity contribution < 1.29 is 0 Å². The third-order valence-electron chi connectivity index (χ3n) is 4.92. The van der Waals surface area contributed by atoms with Crippen molar-refractivity contribution in [2.24, 2.45) is 5.41 Å². The van der Waals surface area contributed by atoms with E-state index in [2.05, 4.69) is 51.2 Å². The molecule has 0 spiro atoms.